The molecule has 0 atom stereocenters. The molecular formula is C20H17ClN6. The molecule has 0 radical (unpaired) electrons. The van der Waals surface area contributed by atoms with Crippen molar-refractivity contribution in [3.8, 4) is 0 Å². The number of nitrogens with one attached hydrogen (secondary N) is 2. The summed E-state index contributed by atoms with van der Waals surface area (Å²) in [7, 11) is 0. The molecule has 6 nitrogen and oxygen atoms in total. The average molecular weight is 377 g/mol. The van der Waals surface area contributed by atoms with Crippen LogP contribution >= 0.6 is 11.6 Å². The highest BCUT2D eigenvalue weighted by Crippen LogP contribution is 2.35. The molecule has 1 aliphatic rings. The Hall–Kier alpha value is -3.12. The zero-order chi connectivity index (χ0) is 18.2. The Morgan fingerprint density at radius 3 is 2.70 bits per heavy atom. The number of halogens is 1. The largest absolute Gasteiger partial charge is 0.350 e. The Bertz CT molecular complexity index is 1110. The summed E-state index contributed by atoms with van der Waals surface area (Å²) in [6, 6.07) is 18.0. The molecule has 2 aromatic heterocycles. The molecule has 7 heteroatoms. The second-order valence-electron chi connectivity index (χ2n) is 6.45. The van der Waals surface area contributed by atoms with Gasteiger partial charge in [-0.15, -0.1) is 0 Å². The predicted molar refractivity (Wildman–Crippen MR) is 108 cm³/mol. The van der Waals surface area contributed by atoms with Crippen LogP contribution in [0.1, 0.15) is 11.3 Å². The van der Waals surface area contributed by atoms with Crippen molar-refractivity contribution < 1.29 is 0 Å². The fourth-order valence-electron chi connectivity index (χ4n) is 3.42. The van der Waals surface area contributed by atoms with Gasteiger partial charge in [0.05, 0.1) is 11.1 Å². The van der Waals surface area contributed by atoms with E-state index < -0.39 is 0 Å². The first-order chi connectivity index (χ1) is 13.3. The van der Waals surface area contributed by atoms with Crippen molar-refractivity contribution in [2.75, 3.05) is 16.8 Å². The Morgan fingerprint density at radius 2 is 1.85 bits per heavy atom. The van der Waals surface area contributed by atoms with Gasteiger partial charge in [0.15, 0.2) is 5.65 Å². The number of aromatic nitrogens is 4. The van der Waals surface area contributed by atoms with E-state index in [-0.39, 0.29) is 0 Å². The summed E-state index contributed by atoms with van der Waals surface area (Å²) in [6.07, 6.45) is 0.883. The van der Waals surface area contributed by atoms with Crippen molar-refractivity contribution in [3.63, 3.8) is 0 Å². The summed E-state index contributed by atoms with van der Waals surface area (Å²) >= 11 is 6.25. The predicted octanol–water partition coefficient (Wildman–Crippen LogP) is 4.31. The molecule has 0 unspecified atom stereocenters. The summed E-state index contributed by atoms with van der Waals surface area (Å²) in [5.74, 6) is 1.42. The Morgan fingerprint density at radius 1 is 1.04 bits per heavy atom. The Balaban J connectivity index is 1.54. The van der Waals surface area contributed by atoms with Gasteiger partial charge >= 0.3 is 0 Å². The third-order valence-corrected chi connectivity index (χ3v) is 5.14. The lowest BCUT2D eigenvalue weighted by atomic mass is 10.1. The number of rotatable bonds is 4. The highest BCUT2D eigenvalue weighted by atomic mass is 35.5. The highest BCUT2D eigenvalue weighted by Gasteiger charge is 2.25. The topological polar surface area (TPSA) is 69.7 Å². The Kier molecular flexibility index (Phi) is 3.90. The van der Waals surface area contributed by atoms with E-state index in [4.69, 9.17) is 16.6 Å². The van der Waals surface area contributed by atoms with Crippen LogP contribution in [0.2, 0.25) is 5.02 Å². The van der Waals surface area contributed by atoms with Gasteiger partial charge in [-0.25, -0.2) is 0 Å². The normalized spacial score (nSPS) is 13.1. The fourth-order valence-corrected chi connectivity index (χ4v) is 3.63. The van der Waals surface area contributed by atoms with E-state index in [1.807, 2.05) is 42.5 Å². The number of hydrogen-bond donors (Lipinski definition) is 2. The molecule has 0 bridgehead atoms. The number of para-hydroxylation sites is 1. The first-order valence-corrected chi connectivity index (χ1v) is 9.22. The van der Waals surface area contributed by atoms with Gasteiger partial charge in [0.25, 0.3) is 0 Å². The molecule has 0 aliphatic carbocycles. The molecule has 1 aliphatic heterocycles. The second kappa shape index (κ2) is 6.55. The molecule has 4 aromatic rings. The number of benzene rings is 2. The van der Waals surface area contributed by atoms with Crippen LogP contribution in [0.5, 0.6) is 0 Å². The van der Waals surface area contributed by atoms with E-state index in [9.17, 15) is 0 Å². The standard InChI is InChI=1S/C20H17ClN6/c21-15-9-5-4-6-13(15)12-22-20-23-18-17-16(25-26-18)10-11-27(19(17)24-20)14-7-2-1-3-8-14/h1-9H,10-12H2,(H2,22,23,24,25,26). The molecule has 0 saturated carbocycles. The van der Waals surface area contributed by atoms with E-state index in [0.717, 1.165) is 46.1 Å². The lowest BCUT2D eigenvalue weighted by Gasteiger charge is -2.28. The molecule has 5 rings (SSSR count). The average Bonchev–Trinajstić information content (AvgIpc) is 3.12. The van der Waals surface area contributed by atoms with Crippen LogP contribution in [-0.2, 0) is 13.0 Å². The Labute approximate surface area is 161 Å². The summed E-state index contributed by atoms with van der Waals surface area (Å²) in [6.45, 7) is 1.39. The van der Waals surface area contributed by atoms with Crippen molar-refractivity contribution in [1.82, 2.24) is 20.2 Å². The van der Waals surface area contributed by atoms with Crippen LogP contribution in [0.3, 0.4) is 0 Å². The van der Waals surface area contributed by atoms with Crippen LogP contribution < -0.4 is 10.2 Å². The number of hydrogen-bond acceptors (Lipinski definition) is 5. The molecule has 0 spiro atoms. The summed E-state index contributed by atoms with van der Waals surface area (Å²) < 4.78 is 0. The van der Waals surface area contributed by atoms with Crippen molar-refractivity contribution in [2.24, 2.45) is 0 Å². The van der Waals surface area contributed by atoms with Crippen molar-refractivity contribution in [3.05, 3.63) is 70.9 Å². The SMILES string of the molecule is Clc1ccccc1CNc1nc2c3c([nH]nc3n1)CCN2c1ccccc1. The van der Waals surface area contributed by atoms with Crippen LogP contribution in [-0.4, -0.2) is 26.7 Å². The van der Waals surface area contributed by atoms with E-state index in [2.05, 4.69) is 37.5 Å². The number of anilines is 3. The van der Waals surface area contributed by atoms with Gasteiger partial charge in [0.1, 0.15) is 5.82 Å². The maximum Gasteiger partial charge on any atom is 0.227 e. The summed E-state index contributed by atoms with van der Waals surface area (Å²) in [4.78, 5) is 11.6. The molecule has 0 saturated heterocycles. The molecule has 0 fully saturated rings. The first kappa shape index (κ1) is 16.1. The minimum Gasteiger partial charge on any atom is -0.350 e. The van der Waals surface area contributed by atoms with Gasteiger partial charge in [0, 0.05) is 30.2 Å². The van der Waals surface area contributed by atoms with Gasteiger partial charge in [-0.2, -0.15) is 15.1 Å². The van der Waals surface area contributed by atoms with Crippen molar-refractivity contribution in [2.45, 2.75) is 13.0 Å². The number of aromatic amines is 1. The van der Waals surface area contributed by atoms with Crippen molar-refractivity contribution in [1.29, 1.82) is 0 Å². The van der Waals surface area contributed by atoms with Crippen LogP contribution in [0, 0.1) is 0 Å². The molecule has 2 N–H and O–H groups in total. The molecular weight excluding hydrogens is 360 g/mol. The molecule has 3 heterocycles. The zero-order valence-corrected chi connectivity index (χ0v) is 15.2. The van der Waals surface area contributed by atoms with Crippen LogP contribution in [0.4, 0.5) is 17.5 Å². The van der Waals surface area contributed by atoms with E-state index in [1.54, 1.807) is 0 Å². The molecule has 134 valence electrons. The van der Waals surface area contributed by atoms with Gasteiger partial charge in [-0.05, 0) is 23.8 Å². The number of H-pyrrole nitrogens is 1. The smallest absolute Gasteiger partial charge is 0.227 e. The monoisotopic (exact) mass is 376 g/mol. The zero-order valence-electron chi connectivity index (χ0n) is 14.5. The second-order valence-corrected chi connectivity index (χ2v) is 6.86. The van der Waals surface area contributed by atoms with Gasteiger partial charge < -0.3 is 10.2 Å². The lowest BCUT2D eigenvalue weighted by molar-refractivity contribution is 0.850. The van der Waals surface area contributed by atoms with Gasteiger partial charge in [-0.1, -0.05) is 48.0 Å². The quantitative estimate of drug-likeness (QED) is 0.555. The third kappa shape index (κ3) is 2.88. The van der Waals surface area contributed by atoms with Crippen molar-refractivity contribution >= 4 is 40.1 Å². The molecule has 2 aromatic carbocycles. The van der Waals surface area contributed by atoms with E-state index >= 15 is 0 Å². The lowest BCUT2D eigenvalue weighted by Crippen LogP contribution is -2.25. The highest BCUT2D eigenvalue weighted by molar-refractivity contribution is 6.31. The first-order valence-electron chi connectivity index (χ1n) is 8.84. The third-order valence-electron chi connectivity index (χ3n) is 4.77. The van der Waals surface area contributed by atoms with Gasteiger partial charge in [0.2, 0.25) is 5.95 Å². The minimum absolute atomic E-state index is 0.540. The molecule has 0 amide bonds. The van der Waals surface area contributed by atoms with E-state index in [1.165, 1.54) is 0 Å². The fraction of sp³-hybridized carbons (Fsp3) is 0.150. The van der Waals surface area contributed by atoms with Gasteiger partial charge in [-0.3, -0.25) is 5.10 Å². The maximum absolute atomic E-state index is 6.25. The number of nitrogens with zero attached hydrogens (tertiary/aromatic N) is 4. The van der Waals surface area contributed by atoms with E-state index in [0.29, 0.717) is 18.1 Å². The summed E-state index contributed by atoms with van der Waals surface area (Å²) in [5.41, 5.74) is 3.88. The van der Waals surface area contributed by atoms with Crippen LogP contribution in [0.25, 0.3) is 11.0 Å². The molecule has 27 heavy (non-hydrogen) atoms. The maximum atomic E-state index is 6.25. The minimum atomic E-state index is 0.540. The van der Waals surface area contributed by atoms with Crippen LogP contribution in [0.15, 0.2) is 54.6 Å². The summed E-state index contributed by atoms with van der Waals surface area (Å²) in [5, 5.41) is 12.5.